The second-order valence-electron chi connectivity index (χ2n) is 4.67. The summed E-state index contributed by atoms with van der Waals surface area (Å²) in [5.41, 5.74) is 6.09. The third-order valence-electron chi connectivity index (χ3n) is 3.24. The van der Waals surface area contributed by atoms with Crippen molar-refractivity contribution in [3.63, 3.8) is 0 Å². The molecule has 96 valence electrons. The van der Waals surface area contributed by atoms with Gasteiger partial charge in [-0.1, -0.05) is 19.1 Å². The summed E-state index contributed by atoms with van der Waals surface area (Å²) in [6.45, 7) is 1.91. The van der Waals surface area contributed by atoms with Gasteiger partial charge in [-0.05, 0) is 37.0 Å². The molecule has 0 saturated heterocycles. The molecule has 1 fully saturated rings. The van der Waals surface area contributed by atoms with Crippen molar-refractivity contribution in [1.29, 1.82) is 0 Å². The fraction of sp³-hybridized carbons (Fsp3) is 0.385. The quantitative estimate of drug-likeness (QED) is 0.823. The summed E-state index contributed by atoms with van der Waals surface area (Å²) in [6.07, 6.45) is 2.21. The lowest BCUT2D eigenvalue weighted by Gasteiger charge is -2.12. The van der Waals surface area contributed by atoms with Gasteiger partial charge >= 0.3 is 0 Å². The maximum atomic E-state index is 13.4. The van der Waals surface area contributed by atoms with E-state index in [9.17, 15) is 9.18 Å². The number of amides is 1. The molecule has 1 aliphatic rings. The fourth-order valence-corrected chi connectivity index (χ4v) is 2.01. The van der Waals surface area contributed by atoms with Gasteiger partial charge in [0.1, 0.15) is 10.8 Å². The molecule has 0 heterocycles. The predicted octanol–water partition coefficient (Wildman–Crippen LogP) is 2.44. The first-order chi connectivity index (χ1) is 8.49. The molecule has 0 aromatic heterocycles. The van der Waals surface area contributed by atoms with E-state index >= 15 is 0 Å². The molecule has 3 nitrogen and oxygen atoms in total. The molecule has 1 unspecified atom stereocenters. The van der Waals surface area contributed by atoms with E-state index in [2.05, 4.69) is 5.32 Å². The normalized spacial score (nSPS) is 16.1. The Morgan fingerprint density at radius 3 is 2.78 bits per heavy atom. The topological polar surface area (TPSA) is 55.1 Å². The third-order valence-corrected chi connectivity index (χ3v) is 3.46. The maximum absolute atomic E-state index is 13.4. The van der Waals surface area contributed by atoms with E-state index in [1.54, 1.807) is 0 Å². The number of halogens is 1. The van der Waals surface area contributed by atoms with Crippen molar-refractivity contribution in [3.05, 3.63) is 29.6 Å². The van der Waals surface area contributed by atoms with Crippen LogP contribution in [0, 0.1) is 17.7 Å². The van der Waals surface area contributed by atoms with Gasteiger partial charge in [-0.25, -0.2) is 4.39 Å². The molecule has 0 aliphatic heterocycles. The zero-order valence-electron chi connectivity index (χ0n) is 10.1. The van der Waals surface area contributed by atoms with Crippen molar-refractivity contribution in [3.8, 4) is 0 Å². The molecule has 0 bridgehead atoms. The Labute approximate surface area is 111 Å². The van der Waals surface area contributed by atoms with E-state index in [1.807, 2.05) is 6.92 Å². The van der Waals surface area contributed by atoms with Gasteiger partial charge in [0.25, 0.3) is 0 Å². The lowest BCUT2D eigenvalue weighted by atomic mass is 10.1. The van der Waals surface area contributed by atoms with Crippen LogP contribution in [0.15, 0.2) is 18.2 Å². The highest BCUT2D eigenvalue weighted by Crippen LogP contribution is 2.37. The molecule has 1 amide bonds. The molecular weight excluding hydrogens is 251 g/mol. The maximum Gasteiger partial charge on any atom is 0.227 e. The number of hydrogen-bond donors (Lipinski definition) is 2. The Hall–Kier alpha value is -1.49. The van der Waals surface area contributed by atoms with Crippen LogP contribution < -0.4 is 11.1 Å². The number of carbonyl (C=O) groups excluding carboxylic acids is 1. The molecule has 1 atom stereocenters. The van der Waals surface area contributed by atoms with Crippen LogP contribution in [-0.2, 0) is 4.79 Å². The monoisotopic (exact) mass is 266 g/mol. The smallest absolute Gasteiger partial charge is 0.227 e. The predicted molar refractivity (Wildman–Crippen MR) is 72.8 cm³/mol. The number of anilines is 1. The summed E-state index contributed by atoms with van der Waals surface area (Å²) in [5.74, 6) is -0.0439. The first kappa shape index (κ1) is 13.0. The van der Waals surface area contributed by atoms with E-state index < -0.39 is 5.82 Å². The van der Waals surface area contributed by atoms with E-state index in [0.29, 0.717) is 11.6 Å². The number of thiocarbonyl (C=S) groups is 1. The summed E-state index contributed by atoms with van der Waals surface area (Å²) < 4.78 is 13.4. The third kappa shape index (κ3) is 2.85. The largest absolute Gasteiger partial charge is 0.389 e. The van der Waals surface area contributed by atoms with Gasteiger partial charge in [-0.2, -0.15) is 0 Å². The van der Waals surface area contributed by atoms with Crippen LogP contribution in [0.3, 0.4) is 0 Å². The number of carbonyl (C=O) groups is 1. The SMILES string of the molecule is CC(C(=O)Nc1ccc(F)c(C(N)=S)c1)C1CC1. The number of benzene rings is 1. The summed E-state index contributed by atoms with van der Waals surface area (Å²) in [5, 5.41) is 2.76. The number of hydrogen-bond acceptors (Lipinski definition) is 2. The second-order valence-corrected chi connectivity index (χ2v) is 5.11. The lowest BCUT2D eigenvalue weighted by molar-refractivity contribution is -0.119. The number of nitrogens with one attached hydrogen (secondary N) is 1. The zero-order chi connectivity index (χ0) is 13.3. The molecule has 2 rings (SSSR count). The van der Waals surface area contributed by atoms with Crippen molar-refractivity contribution in [1.82, 2.24) is 0 Å². The standard InChI is InChI=1S/C13H15FN2OS/c1-7(8-2-3-8)13(17)16-9-4-5-11(14)10(6-9)12(15)18/h4-8H,2-3H2,1H3,(H2,15,18)(H,16,17). The van der Waals surface area contributed by atoms with Gasteiger partial charge in [-0.3, -0.25) is 4.79 Å². The minimum Gasteiger partial charge on any atom is -0.389 e. The van der Waals surface area contributed by atoms with Gasteiger partial charge < -0.3 is 11.1 Å². The van der Waals surface area contributed by atoms with Crippen LogP contribution in [0.1, 0.15) is 25.3 Å². The summed E-state index contributed by atoms with van der Waals surface area (Å²) >= 11 is 4.75. The second kappa shape index (κ2) is 5.02. The van der Waals surface area contributed by atoms with E-state index in [-0.39, 0.29) is 22.4 Å². The first-order valence-corrected chi connectivity index (χ1v) is 6.30. The lowest BCUT2D eigenvalue weighted by Crippen LogP contribution is -2.22. The average molecular weight is 266 g/mol. The van der Waals surface area contributed by atoms with Crippen molar-refractivity contribution in [2.45, 2.75) is 19.8 Å². The van der Waals surface area contributed by atoms with Gasteiger partial charge in [0.15, 0.2) is 0 Å². The summed E-state index contributed by atoms with van der Waals surface area (Å²) in [7, 11) is 0. The summed E-state index contributed by atoms with van der Waals surface area (Å²) in [4.78, 5) is 11.9. The Balaban J connectivity index is 2.11. The highest BCUT2D eigenvalue weighted by Gasteiger charge is 2.32. The summed E-state index contributed by atoms with van der Waals surface area (Å²) in [6, 6.07) is 4.23. The van der Waals surface area contributed by atoms with Gasteiger partial charge in [-0.15, -0.1) is 0 Å². The van der Waals surface area contributed by atoms with Crippen LogP contribution in [0.5, 0.6) is 0 Å². The molecule has 1 aromatic carbocycles. The van der Waals surface area contributed by atoms with Crippen LogP contribution >= 0.6 is 12.2 Å². The molecule has 18 heavy (non-hydrogen) atoms. The van der Waals surface area contributed by atoms with Crippen LogP contribution in [0.25, 0.3) is 0 Å². The van der Waals surface area contributed by atoms with E-state index in [1.165, 1.54) is 18.2 Å². The zero-order valence-corrected chi connectivity index (χ0v) is 10.9. The van der Waals surface area contributed by atoms with E-state index in [4.69, 9.17) is 18.0 Å². The van der Waals surface area contributed by atoms with Gasteiger partial charge in [0, 0.05) is 17.2 Å². The van der Waals surface area contributed by atoms with E-state index in [0.717, 1.165) is 12.8 Å². The van der Waals surface area contributed by atoms with Gasteiger partial charge in [0.2, 0.25) is 5.91 Å². The van der Waals surface area contributed by atoms with Crippen LogP contribution in [-0.4, -0.2) is 10.9 Å². The Bertz CT molecular complexity index is 500. The molecule has 0 spiro atoms. The number of nitrogens with two attached hydrogens (primary N) is 1. The minimum absolute atomic E-state index is 0.0108. The molecule has 3 N–H and O–H groups in total. The molecule has 0 radical (unpaired) electrons. The number of rotatable bonds is 4. The van der Waals surface area contributed by atoms with Gasteiger partial charge in [0.05, 0.1) is 0 Å². The van der Waals surface area contributed by atoms with Crippen molar-refractivity contribution >= 4 is 28.8 Å². The van der Waals surface area contributed by atoms with Crippen LogP contribution in [0.2, 0.25) is 0 Å². The van der Waals surface area contributed by atoms with Crippen molar-refractivity contribution in [2.75, 3.05) is 5.32 Å². The molecule has 5 heteroatoms. The highest BCUT2D eigenvalue weighted by atomic mass is 32.1. The minimum atomic E-state index is -0.476. The molecule has 1 aliphatic carbocycles. The first-order valence-electron chi connectivity index (χ1n) is 5.89. The molecule has 1 saturated carbocycles. The van der Waals surface area contributed by atoms with Crippen molar-refractivity contribution in [2.24, 2.45) is 17.6 Å². The van der Waals surface area contributed by atoms with Crippen LogP contribution in [0.4, 0.5) is 10.1 Å². The van der Waals surface area contributed by atoms with Crippen molar-refractivity contribution < 1.29 is 9.18 Å². The Kier molecular flexibility index (Phi) is 3.61. The average Bonchev–Trinajstić information content (AvgIpc) is 3.14. The highest BCUT2D eigenvalue weighted by molar-refractivity contribution is 7.80. The molecule has 1 aromatic rings. The Morgan fingerprint density at radius 2 is 2.22 bits per heavy atom. The fourth-order valence-electron chi connectivity index (χ4n) is 1.86. The molecular formula is C13H15FN2OS. The Morgan fingerprint density at radius 1 is 1.56 bits per heavy atom.